The largest absolute Gasteiger partial charge is 0.388 e. The van der Waals surface area contributed by atoms with Crippen molar-refractivity contribution in [3.05, 3.63) is 29.3 Å². The molecular formula is C17H23N5O2. The van der Waals surface area contributed by atoms with Crippen molar-refractivity contribution in [2.75, 3.05) is 32.0 Å². The number of benzene rings is 1. The van der Waals surface area contributed by atoms with E-state index in [0.717, 1.165) is 31.6 Å². The lowest BCUT2D eigenvalue weighted by molar-refractivity contribution is -0.121. The summed E-state index contributed by atoms with van der Waals surface area (Å²) in [4.78, 5) is 24.5. The van der Waals surface area contributed by atoms with E-state index in [0.29, 0.717) is 11.5 Å². The first-order chi connectivity index (χ1) is 11.6. The maximum atomic E-state index is 12.0. The minimum absolute atomic E-state index is 0.112. The molecule has 24 heavy (non-hydrogen) atoms. The zero-order chi connectivity index (χ0) is 17.1. The van der Waals surface area contributed by atoms with Crippen LogP contribution in [0.25, 0.3) is 0 Å². The first kappa shape index (κ1) is 16.4. The average molecular weight is 329 g/mol. The number of anilines is 1. The van der Waals surface area contributed by atoms with Crippen molar-refractivity contribution in [3.63, 3.8) is 0 Å². The first-order valence-electron chi connectivity index (χ1n) is 8.33. The molecule has 7 heteroatoms. The van der Waals surface area contributed by atoms with Gasteiger partial charge >= 0.3 is 6.03 Å². The van der Waals surface area contributed by atoms with E-state index in [2.05, 4.69) is 22.0 Å². The van der Waals surface area contributed by atoms with Crippen molar-refractivity contribution in [2.45, 2.75) is 25.2 Å². The minimum atomic E-state index is -0.527. The number of piperidine rings is 1. The third-order valence-electron chi connectivity index (χ3n) is 4.70. The second kappa shape index (κ2) is 7.00. The monoisotopic (exact) mass is 329 g/mol. The first-order valence-corrected chi connectivity index (χ1v) is 8.33. The maximum absolute atomic E-state index is 12.0. The molecule has 0 spiro atoms. The fourth-order valence-electron chi connectivity index (χ4n) is 3.31. The Morgan fingerprint density at radius 2 is 2.04 bits per heavy atom. The highest BCUT2D eigenvalue weighted by Gasteiger charge is 2.28. The SMILES string of the molecule is CNc1cc(C2CCNCC2)ccc1C(=N)N1CCC(=O)NC1=O. The summed E-state index contributed by atoms with van der Waals surface area (Å²) >= 11 is 0. The Balaban J connectivity index is 1.83. The molecule has 128 valence electrons. The van der Waals surface area contributed by atoms with Gasteiger partial charge in [-0.05, 0) is 49.5 Å². The molecule has 7 nitrogen and oxygen atoms in total. The Morgan fingerprint density at radius 3 is 2.71 bits per heavy atom. The standard InChI is InChI=1S/C17H23N5O2/c1-19-14-10-12(11-4-7-20-8-5-11)2-3-13(14)16(18)22-9-6-15(23)21-17(22)24/h2-3,10-11,18-20H,4-9H2,1H3,(H,21,23,24). The molecule has 1 aromatic carbocycles. The van der Waals surface area contributed by atoms with Crippen LogP contribution in [0.2, 0.25) is 0 Å². The zero-order valence-corrected chi connectivity index (χ0v) is 13.8. The molecule has 0 unspecified atom stereocenters. The molecule has 2 fully saturated rings. The summed E-state index contributed by atoms with van der Waals surface area (Å²) in [5.41, 5.74) is 2.76. The smallest absolute Gasteiger partial charge is 0.329 e. The van der Waals surface area contributed by atoms with E-state index in [9.17, 15) is 9.59 Å². The third-order valence-corrected chi connectivity index (χ3v) is 4.70. The quantitative estimate of drug-likeness (QED) is 0.498. The number of nitrogens with one attached hydrogen (secondary N) is 4. The molecule has 0 saturated carbocycles. The predicted octanol–water partition coefficient (Wildman–Crippen LogP) is 1.46. The number of hydrogen-bond acceptors (Lipinski definition) is 5. The molecule has 3 amide bonds. The predicted molar refractivity (Wildman–Crippen MR) is 92.5 cm³/mol. The van der Waals surface area contributed by atoms with Crippen molar-refractivity contribution < 1.29 is 9.59 Å². The van der Waals surface area contributed by atoms with Gasteiger partial charge in [0, 0.05) is 31.3 Å². The normalized spacial score (nSPS) is 19.1. The summed E-state index contributed by atoms with van der Waals surface area (Å²) in [6.45, 7) is 2.29. The molecule has 2 heterocycles. The van der Waals surface area contributed by atoms with E-state index in [4.69, 9.17) is 5.41 Å². The zero-order valence-electron chi connectivity index (χ0n) is 13.8. The lowest BCUT2D eigenvalue weighted by atomic mass is 9.89. The highest BCUT2D eigenvalue weighted by atomic mass is 16.2. The summed E-state index contributed by atoms with van der Waals surface area (Å²) in [6, 6.07) is 5.50. The molecule has 3 rings (SSSR count). The third kappa shape index (κ3) is 3.26. The number of hydrogen-bond donors (Lipinski definition) is 4. The second-order valence-electron chi connectivity index (χ2n) is 6.18. The van der Waals surface area contributed by atoms with Crippen LogP contribution in [0.3, 0.4) is 0 Å². The molecule has 2 saturated heterocycles. The molecule has 0 aromatic heterocycles. The molecular weight excluding hydrogens is 306 g/mol. The Hall–Kier alpha value is -2.41. The molecule has 2 aliphatic rings. The van der Waals surface area contributed by atoms with Crippen molar-refractivity contribution >= 4 is 23.5 Å². The number of urea groups is 1. The minimum Gasteiger partial charge on any atom is -0.388 e. The van der Waals surface area contributed by atoms with Crippen LogP contribution >= 0.6 is 0 Å². The summed E-state index contributed by atoms with van der Waals surface area (Å²) in [5, 5.41) is 17.1. The summed E-state index contributed by atoms with van der Waals surface area (Å²) in [7, 11) is 1.82. The van der Waals surface area contributed by atoms with Gasteiger partial charge in [0.25, 0.3) is 0 Å². The maximum Gasteiger partial charge on any atom is 0.329 e. The van der Waals surface area contributed by atoms with Crippen molar-refractivity contribution in [3.8, 4) is 0 Å². The van der Waals surface area contributed by atoms with E-state index < -0.39 is 6.03 Å². The Kier molecular flexibility index (Phi) is 4.80. The number of nitrogens with zero attached hydrogens (tertiary/aromatic N) is 1. The Morgan fingerprint density at radius 1 is 1.29 bits per heavy atom. The lowest BCUT2D eigenvalue weighted by Crippen LogP contribution is -2.52. The van der Waals surface area contributed by atoms with Gasteiger partial charge in [-0.1, -0.05) is 6.07 Å². The molecule has 0 atom stereocenters. The highest BCUT2D eigenvalue weighted by molar-refractivity contribution is 6.12. The van der Waals surface area contributed by atoms with Crippen LogP contribution in [0, 0.1) is 5.41 Å². The van der Waals surface area contributed by atoms with E-state index >= 15 is 0 Å². The van der Waals surface area contributed by atoms with E-state index in [1.165, 1.54) is 10.5 Å². The fraction of sp³-hybridized carbons (Fsp3) is 0.471. The summed E-state index contributed by atoms with van der Waals surface area (Å²) in [5.74, 6) is 0.345. The van der Waals surface area contributed by atoms with Crippen LogP contribution in [0.5, 0.6) is 0 Å². The van der Waals surface area contributed by atoms with Crippen molar-refractivity contribution in [1.29, 1.82) is 5.41 Å². The van der Waals surface area contributed by atoms with Gasteiger partial charge in [0.2, 0.25) is 5.91 Å². The van der Waals surface area contributed by atoms with Crippen LogP contribution in [0.1, 0.15) is 36.3 Å². The molecule has 1 aromatic rings. The van der Waals surface area contributed by atoms with E-state index in [1.807, 2.05) is 19.2 Å². The van der Waals surface area contributed by atoms with E-state index in [1.54, 1.807) is 0 Å². The van der Waals surface area contributed by atoms with E-state index in [-0.39, 0.29) is 24.7 Å². The van der Waals surface area contributed by atoms with Crippen LogP contribution in [0.15, 0.2) is 18.2 Å². The van der Waals surface area contributed by atoms with Gasteiger partial charge in [-0.2, -0.15) is 0 Å². The number of amidine groups is 1. The second-order valence-corrected chi connectivity index (χ2v) is 6.18. The number of carbonyl (C=O) groups excluding carboxylic acids is 2. The summed E-state index contributed by atoms with van der Waals surface area (Å²) in [6.07, 6.45) is 2.43. The molecule has 0 radical (unpaired) electrons. The van der Waals surface area contributed by atoms with Gasteiger partial charge in [0.1, 0.15) is 5.84 Å². The number of amides is 3. The highest BCUT2D eigenvalue weighted by Crippen LogP contribution is 2.29. The van der Waals surface area contributed by atoms with Crippen molar-refractivity contribution in [1.82, 2.24) is 15.5 Å². The fourth-order valence-corrected chi connectivity index (χ4v) is 3.31. The van der Waals surface area contributed by atoms with Crippen LogP contribution in [0.4, 0.5) is 10.5 Å². The Labute approximate surface area is 141 Å². The van der Waals surface area contributed by atoms with Crippen LogP contribution in [-0.4, -0.2) is 49.4 Å². The molecule has 0 bridgehead atoms. The summed E-state index contributed by atoms with van der Waals surface area (Å²) < 4.78 is 0. The lowest BCUT2D eigenvalue weighted by Gasteiger charge is -2.28. The Bertz CT molecular complexity index is 667. The van der Waals surface area contributed by atoms with Gasteiger partial charge in [-0.15, -0.1) is 0 Å². The molecule has 4 N–H and O–H groups in total. The molecule has 0 aliphatic carbocycles. The van der Waals surface area contributed by atoms with Gasteiger partial charge < -0.3 is 10.6 Å². The number of carbonyl (C=O) groups is 2. The average Bonchev–Trinajstić information content (AvgIpc) is 2.61. The van der Waals surface area contributed by atoms with Crippen LogP contribution < -0.4 is 16.0 Å². The van der Waals surface area contributed by atoms with Gasteiger partial charge in [0.15, 0.2) is 0 Å². The van der Waals surface area contributed by atoms with Gasteiger partial charge in [0.05, 0.1) is 0 Å². The molecule has 2 aliphatic heterocycles. The van der Waals surface area contributed by atoms with Crippen molar-refractivity contribution in [2.24, 2.45) is 0 Å². The topological polar surface area (TPSA) is 97.3 Å². The number of rotatable bonds is 3. The number of imide groups is 1. The van der Waals surface area contributed by atoms with Crippen LogP contribution in [-0.2, 0) is 4.79 Å². The van der Waals surface area contributed by atoms with Gasteiger partial charge in [-0.25, -0.2) is 4.79 Å². The van der Waals surface area contributed by atoms with Gasteiger partial charge in [-0.3, -0.25) is 20.4 Å².